The molecule has 1 aliphatic rings. The summed E-state index contributed by atoms with van der Waals surface area (Å²) >= 11 is 0. The average Bonchev–Trinajstić information content (AvgIpc) is 2.18. The summed E-state index contributed by atoms with van der Waals surface area (Å²) in [7, 11) is 0. The molecule has 0 fully saturated rings. The first-order valence-electron chi connectivity index (χ1n) is 5.03. The maximum Gasteiger partial charge on any atom is 0.0963 e. The van der Waals surface area contributed by atoms with Crippen molar-refractivity contribution in [1.82, 2.24) is 4.98 Å². The minimum Gasteiger partial charge on any atom is -0.387 e. The molecule has 1 aromatic heterocycles. The van der Waals surface area contributed by atoms with E-state index in [9.17, 15) is 5.11 Å². The molecule has 0 spiro atoms. The Morgan fingerprint density at radius 3 is 3.14 bits per heavy atom. The van der Waals surface area contributed by atoms with Gasteiger partial charge in [-0.25, -0.2) is 0 Å². The fourth-order valence-corrected chi connectivity index (χ4v) is 2.09. The van der Waals surface area contributed by atoms with Gasteiger partial charge >= 0.3 is 0 Å². The largest absolute Gasteiger partial charge is 0.387 e. The molecular formula is C12H15NO. The first kappa shape index (κ1) is 9.41. The maximum atomic E-state index is 9.81. The number of nitrogens with zero attached hydrogens (tertiary/aromatic N) is 1. The number of pyridine rings is 1. The fourth-order valence-electron chi connectivity index (χ4n) is 2.09. The number of aryl methyl sites for hydroxylation is 1. The Morgan fingerprint density at radius 1 is 1.64 bits per heavy atom. The molecule has 0 aliphatic heterocycles. The van der Waals surface area contributed by atoms with Crippen LogP contribution in [0.5, 0.6) is 0 Å². The number of aliphatic hydroxyl groups excluding tert-OH is 1. The molecule has 0 aromatic carbocycles. The summed E-state index contributed by atoms with van der Waals surface area (Å²) in [6.07, 6.45) is 4.36. The molecule has 0 saturated carbocycles. The normalized spacial score (nSPS) is 20.3. The van der Waals surface area contributed by atoms with E-state index in [2.05, 4.69) is 11.6 Å². The first-order chi connectivity index (χ1) is 6.72. The average molecular weight is 189 g/mol. The lowest BCUT2D eigenvalue weighted by Crippen LogP contribution is -2.13. The number of hydrogen-bond donors (Lipinski definition) is 1. The van der Waals surface area contributed by atoms with Gasteiger partial charge in [-0.05, 0) is 43.4 Å². The van der Waals surface area contributed by atoms with E-state index in [0.29, 0.717) is 0 Å². The van der Waals surface area contributed by atoms with Crippen LogP contribution in [0, 0.1) is 6.92 Å². The molecule has 1 aliphatic carbocycles. The topological polar surface area (TPSA) is 33.1 Å². The van der Waals surface area contributed by atoms with Gasteiger partial charge in [-0.1, -0.05) is 12.7 Å². The summed E-state index contributed by atoms with van der Waals surface area (Å²) in [6, 6.07) is 2.03. The second kappa shape index (κ2) is 3.54. The predicted octanol–water partition coefficient (Wildman–Crippen LogP) is 2.40. The van der Waals surface area contributed by atoms with E-state index in [4.69, 9.17) is 0 Å². The highest BCUT2D eigenvalue weighted by Gasteiger charge is 2.21. The van der Waals surface area contributed by atoms with E-state index >= 15 is 0 Å². The molecule has 1 atom stereocenters. The zero-order valence-corrected chi connectivity index (χ0v) is 8.45. The molecule has 0 amide bonds. The monoisotopic (exact) mass is 189 g/mol. The van der Waals surface area contributed by atoms with Gasteiger partial charge in [-0.3, -0.25) is 4.98 Å². The van der Waals surface area contributed by atoms with Gasteiger partial charge in [0, 0.05) is 5.69 Å². The standard InChI is InChI=1S/C12H15NO/c1-3-9-7-8(2)13-12-10(9)5-4-6-11(12)14/h3,7,11,14H,1,4-6H2,2H3. The Labute approximate surface area is 84.3 Å². The van der Waals surface area contributed by atoms with Crippen molar-refractivity contribution in [1.29, 1.82) is 0 Å². The first-order valence-corrected chi connectivity index (χ1v) is 5.03. The smallest absolute Gasteiger partial charge is 0.0963 e. The van der Waals surface area contributed by atoms with Crippen molar-refractivity contribution >= 4 is 6.08 Å². The third kappa shape index (κ3) is 1.46. The molecule has 1 N–H and O–H groups in total. The summed E-state index contributed by atoms with van der Waals surface area (Å²) in [5.74, 6) is 0. The molecule has 0 saturated heterocycles. The van der Waals surface area contributed by atoms with Crippen LogP contribution < -0.4 is 0 Å². The van der Waals surface area contributed by atoms with Crippen LogP contribution in [0.25, 0.3) is 6.08 Å². The van der Waals surface area contributed by atoms with Crippen LogP contribution in [0.1, 0.15) is 41.5 Å². The zero-order chi connectivity index (χ0) is 10.1. The lowest BCUT2D eigenvalue weighted by molar-refractivity contribution is 0.151. The van der Waals surface area contributed by atoms with Crippen LogP contribution >= 0.6 is 0 Å². The number of fused-ring (bicyclic) bond motifs is 1. The van der Waals surface area contributed by atoms with Gasteiger partial charge in [-0.2, -0.15) is 0 Å². The minimum atomic E-state index is -0.377. The van der Waals surface area contributed by atoms with Gasteiger partial charge in [0.25, 0.3) is 0 Å². The van der Waals surface area contributed by atoms with Crippen molar-refractivity contribution < 1.29 is 5.11 Å². The molecule has 0 radical (unpaired) electrons. The Hall–Kier alpha value is -1.15. The summed E-state index contributed by atoms with van der Waals surface area (Å²) in [5, 5.41) is 9.81. The fraction of sp³-hybridized carbons (Fsp3) is 0.417. The summed E-state index contributed by atoms with van der Waals surface area (Å²) in [6.45, 7) is 5.75. The number of aliphatic hydroxyl groups is 1. The second-order valence-electron chi connectivity index (χ2n) is 3.83. The highest BCUT2D eigenvalue weighted by atomic mass is 16.3. The summed E-state index contributed by atoms with van der Waals surface area (Å²) in [4.78, 5) is 4.41. The lowest BCUT2D eigenvalue weighted by Gasteiger charge is -2.22. The summed E-state index contributed by atoms with van der Waals surface area (Å²) in [5.41, 5.74) is 4.14. The Bertz CT molecular complexity index is 371. The van der Waals surface area contributed by atoms with Crippen LogP contribution in [-0.2, 0) is 6.42 Å². The molecule has 14 heavy (non-hydrogen) atoms. The van der Waals surface area contributed by atoms with E-state index in [1.165, 1.54) is 5.56 Å². The van der Waals surface area contributed by atoms with Crippen molar-refractivity contribution in [2.45, 2.75) is 32.3 Å². The van der Waals surface area contributed by atoms with Crippen LogP contribution in [0.4, 0.5) is 0 Å². The highest BCUT2D eigenvalue weighted by molar-refractivity contribution is 5.54. The van der Waals surface area contributed by atoms with Gasteiger partial charge in [0.15, 0.2) is 0 Å². The molecule has 74 valence electrons. The summed E-state index contributed by atoms with van der Waals surface area (Å²) < 4.78 is 0. The van der Waals surface area contributed by atoms with Gasteiger partial charge < -0.3 is 5.11 Å². The molecule has 2 nitrogen and oxygen atoms in total. The Kier molecular flexibility index (Phi) is 2.38. The number of rotatable bonds is 1. The molecule has 1 aromatic rings. The van der Waals surface area contributed by atoms with Crippen LogP contribution in [0.3, 0.4) is 0 Å². The van der Waals surface area contributed by atoms with E-state index in [-0.39, 0.29) is 6.10 Å². The SMILES string of the molecule is C=Cc1cc(C)nc2c1CCCC2O. The van der Waals surface area contributed by atoms with E-state index in [1.54, 1.807) is 0 Å². The quantitative estimate of drug-likeness (QED) is 0.736. The van der Waals surface area contributed by atoms with Crippen molar-refractivity contribution in [2.75, 3.05) is 0 Å². The second-order valence-corrected chi connectivity index (χ2v) is 3.83. The van der Waals surface area contributed by atoms with Gasteiger partial charge in [0.2, 0.25) is 0 Å². The van der Waals surface area contributed by atoms with Crippen molar-refractivity contribution in [3.63, 3.8) is 0 Å². The van der Waals surface area contributed by atoms with Crippen LogP contribution in [-0.4, -0.2) is 10.1 Å². The van der Waals surface area contributed by atoms with Crippen molar-refractivity contribution in [3.8, 4) is 0 Å². The third-order valence-corrected chi connectivity index (χ3v) is 2.76. The van der Waals surface area contributed by atoms with Crippen LogP contribution in [0.15, 0.2) is 12.6 Å². The molecule has 1 unspecified atom stereocenters. The minimum absolute atomic E-state index is 0.377. The Balaban J connectivity index is 2.60. The molecule has 0 bridgehead atoms. The van der Waals surface area contributed by atoms with E-state index in [1.807, 2.05) is 19.1 Å². The Morgan fingerprint density at radius 2 is 2.43 bits per heavy atom. The van der Waals surface area contributed by atoms with Gasteiger partial charge in [0.05, 0.1) is 11.8 Å². The molecular weight excluding hydrogens is 174 g/mol. The van der Waals surface area contributed by atoms with Crippen LogP contribution in [0.2, 0.25) is 0 Å². The van der Waals surface area contributed by atoms with Gasteiger partial charge in [-0.15, -0.1) is 0 Å². The maximum absolute atomic E-state index is 9.81. The predicted molar refractivity (Wildman–Crippen MR) is 57.0 cm³/mol. The highest BCUT2D eigenvalue weighted by Crippen LogP contribution is 2.30. The zero-order valence-electron chi connectivity index (χ0n) is 8.45. The van der Waals surface area contributed by atoms with Crippen molar-refractivity contribution in [2.24, 2.45) is 0 Å². The van der Waals surface area contributed by atoms with E-state index in [0.717, 1.165) is 36.2 Å². The molecule has 2 heteroatoms. The number of hydrogen-bond acceptors (Lipinski definition) is 2. The molecule has 1 heterocycles. The van der Waals surface area contributed by atoms with Gasteiger partial charge in [0.1, 0.15) is 0 Å². The lowest BCUT2D eigenvalue weighted by atomic mass is 9.90. The third-order valence-electron chi connectivity index (χ3n) is 2.76. The van der Waals surface area contributed by atoms with Crippen molar-refractivity contribution in [3.05, 3.63) is 35.2 Å². The number of aromatic nitrogens is 1. The van der Waals surface area contributed by atoms with E-state index < -0.39 is 0 Å². The molecule has 2 rings (SSSR count).